The van der Waals surface area contributed by atoms with E-state index in [-0.39, 0.29) is 0 Å². The van der Waals surface area contributed by atoms with E-state index in [2.05, 4.69) is 79.5 Å². The van der Waals surface area contributed by atoms with E-state index in [4.69, 9.17) is 9.47 Å². The van der Waals surface area contributed by atoms with Crippen molar-refractivity contribution in [3.63, 3.8) is 0 Å². The molecule has 0 saturated carbocycles. The first-order valence-corrected chi connectivity index (χ1v) is 12.9. The van der Waals surface area contributed by atoms with E-state index in [1.54, 1.807) is 0 Å². The van der Waals surface area contributed by atoms with Crippen molar-refractivity contribution in [1.29, 1.82) is 0 Å². The standard InChI is InChI=1S/C25H43IO2/c1-6-22-15-19(3)16-25(27-22)17-24-9-7-8-23(28-24)14-18(2)10-11-20(4)21(5)12-13-26/h10-13,18-25H,6-9,14-17H2,1-5H3/b11-10+,13-12+/t18-,19-,20-,21-,22?,23+,24?,25+/m0/s1. The van der Waals surface area contributed by atoms with Gasteiger partial charge in [0.1, 0.15) is 0 Å². The molecule has 2 aliphatic heterocycles. The molecule has 2 nitrogen and oxygen atoms in total. The number of hydrogen-bond donors (Lipinski definition) is 0. The third kappa shape index (κ3) is 8.47. The summed E-state index contributed by atoms with van der Waals surface area (Å²) in [5, 5.41) is 0. The fourth-order valence-electron chi connectivity index (χ4n) is 4.74. The molecule has 162 valence electrons. The molecule has 8 atom stereocenters. The van der Waals surface area contributed by atoms with Crippen molar-refractivity contribution in [2.75, 3.05) is 0 Å². The van der Waals surface area contributed by atoms with Gasteiger partial charge in [-0.05, 0) is 79.1 Å². The van der Waals surface area contributed by atoms with Crippen molar-refractivity contribution in [2.45, 2.75) is 110 Å². The molecule has 0 radical (unpaired) electrons. The Morgan fingerprint density at radius 2 is 1.54 bits per heavy atom. The Morgan fingerprint density at radius 1 is 0.893 bits per heavy atom. The van der Waals surface area contributed by atoms with Gasteiger partial charge in [0.05, 0.1) is 24.4 Å². The van der Waals surface area contributed by atoms with Crippen LogP contribution in [0.25, 0.3) is 0 Å². The second-order valence-corrected chi connectivity index (χ2v) is 10.3. The maximum absolute atomic E-state index is 6.53. The Hall–Kier alpha value is 0.130. The highest BCUT2D eigenvalue weighted by molar-refractivity contribution is 14.1. The van der Waals surface area contributed by atoms with Crippen molar-refractivity contribution in [2.24, 2.45) is 23.7 Å². The highest BCUT2D eigenvalue weighted by atomic mass is 127. The normalized spacial score (nSPS) is 35.3. The Labute approximate surface area is 188 Å². The molecule has 0 bridgehead atoms. The minimum Gasteiger partial charge on any atom is -0.375 e. The van der Waals surface area contributed by atoms with Crippen LogP contribution in [0.2, 0.25) is 0 Å². The van der Waals surface area contributed by atoms with E-state index >= 15 is 0 Å². The zero-order valence-electron chi connectivity index (χ0n) is 18.8. The van der Waals surface area contributed by atoms with E-state index in [9.17, 15) is 0 Å². The Kier molecular flexibility index (Phi) is 11.1. The molecule has 0 aromatic carbocycles. The van der Waals surface area contributed by atoms with Crippen LogP contribution in [0.1, 0.15) is 86.0 Å². The molecular weight excluding hydrogens is 459 g/mol. The number of rotatable bonds is 9. The van der Waals surface area contributed by atoms with Crippen LogP contribution >= 0.6 is 22.6 Å². The maximum Gasteiger partial charge on any atom is 0.0606 e. The highest BCUT2D eigenvalue weighted by Gasteiger charge is 2.31. The quantitative estimate of drug-likeness (QED) is 0.238. The third-order valence-corrected chi connectivity index (χ3v) is 7.13. The number of ether oxygens (including phenoxy) is 2. The molecule has 28 heavy (non-hydrogen) atoms. The van der Waals surface area contributed by atoms with Crippen LogP contribution in [0.3, 0.4) is 0 Å². The molecule has 2 unspecified atom stereocenters. The molecule has 3 heteroatoms. The summed E-state index contributed by atoms with van der Waals surface area (Å²) in [4.78, 5) is 0. The monoisotopic (exact) mass is 502 g/mol. The third-order valence-electron chi connectivity index (χ3n) is 6.72. The summed E-state index contributed by atoms with van der Waals surface area (Å²) in [7, 11) is 0. The highest BCUT2D eigenvalue weighted by Crippen LogP contribution is 2.32. The average Bonchev–Trinajstić information content (AvgIpc) is 2.66. The van der Waals surface area contributed by atoms with E-state index in [1.807, 2.05) is 0 Å². The zero-order chi connectivity index (χ0) is 20.5. The lowest BCUT2D eigenvalue weighted by molar-refractivity contribution is -0.117. The molecule has 0 aromatic heterocycles. The van der Waals surface area contributed by atoms with Crippen LogP contribution in [0.5, 0.6) is 0 Å². The van der Waals surface area contributed by atoms with Gasteiger partial charge in [0.15, 0.2) is 0 Å². The molecule has 2 fully saturated rings. The molecule has 0 aromatic rings. The molecule has 0 amide bonds. The lowest BCUT2D eigenvalue weighted by Crippen LogP contribution is -2.37. The second-order valence-electron chi connectivity index (χ2n) is 9.55. The number of allylic oxidation sites excluding steroid dienone is 3. The summed E-state index contributed by atoms with van der Waals surface area (Å²) < 4.78 is 15.0. The first-order chi connectivity index (χ1) is 13.4. The molecule has 2 aliphatic rings. The predicted octanol–water partition coefficient (Wildman–Crippen LogP) is 7.71. The van der Waals surface area contributed by atoms with Gasteiger partial charge in [-0.1, -0.05) is 75.4 Å². The molecular formula is C25H43IO2. The Morgan fingerprint density at radius 3 is 2.25 bits per heavy atom. The molecule has 2 saturated heterocycles. The average molecular weight is 503 g/mol. The van der Waals surface area contributed by atoms with Gasteiger partial charge in [-0.25, -0.2) is 0 Å². The number of halogens is 1. The number of hydrogen-bond acceptors (Lipinski definition) is 2. The van der Waals surface area contributed by atoms with Gasteiger partial charge in [0.25, 0.3) is 0 Å². The summed E-state index contributed by atoms with van der Waals surface area (Å²) in [5.41, 5.74) is 0. The minimum absolute atomic E-state index is 0.399. The van der Waals surface area contributed by atoms with Crippen LogP contribution < -0.4 is 0 Å². The summed E-state index contributed by atoms with van der Waals surface area (Å²) >= 11 is 2.31. The van der Waals surface area contributed by atoms with Crippen LogP contribution in [0.15, 0.2) is 22.3 Å². The van der Waals surface area contributed by atoms with Crippen LogP contribution in [-0.4, -0.2) is 24.4 Å². The van der Waals surface area contributed by atoms with Crippen LogP contribution in [-0.2, 0) is 9.47 Å². The van der Waals surface area contributed by atoms with Crippen molar-refractivity contribution in [1.82, 2.24) is 0 Å². The summed E-state index contributed by atoms with van der Waals surface area (Å²) in [6.45, 7) is 11.6. The largest absolute Gasteiger partial charge is 0.375 e. The van der Waals surface area contributed by atoms with Crippen molar-refractivity contribution in [3.05, 3.63) is 22.3 Å². The van der Waals surface area contributed by atoms with E-state index in [0.717, 1.165) is 25.2 Å². The fraction of sp³-hybridized carbons (Fsp3) is 0.840. The van der Waals surface area contributed by atoms with E-state index in [0.29, 0.717) is 42.2 Å². The van der Waals surface area contributed by atoms with Gasteiger partial charge in [0.2, 0.25) is 0 Å². The SMILES string of the molecule is CCC1C[C@H](C)C[C@H](CC2CCC[C@H](C[C@@H](C)/C=C/[C@H](C)[C@@H](C)/C=C/I)O2)O1. The Balaban J connectivity index is 1.77. The van der Waals surface area contributed by atoms with Gasteiger partial charge < -0.3 is 9.47 Å². The second kappa shape index (κ2) is 12.7. The molecule has 2 rings (SSSR count). The molecule has 0 N–H and O–H groups in total. The predicted molar refractivity (Wildman–Crippen MR) is 129 cm³/mol. The summed E-state index contributed by atoms with van der Waals surface area (Å²) in [5.74, 6) is 2.56. The van der Waals surface area contributed by atoms with Gasteiger partial charge >= 0.3 is 0 Å². The van der Waals surface area contributed by atoms with Crippen LogP contribution in [0, 0.1) is 23.7 Å². The summed E-state index contributed by atoms with van der Waals surface area (Å²) in [6.07, 6.45) is 18.3. The molecule has 0 spiro atoms. The fourth-order valence-corrected chi connectivity index (χ4v) is 5.39. The Bertz CT molecular complexity index is 489. The van der Waals surface area contributed by atoms with Gasteiger partial charge in [-0.2, -0.15) is 0 Å². The van der Waals surface area contributed by atoms with Crippen molar-refractivity contribution in [3.8, 4) is 0 Å². The summed E-state index contributed by atoms with van der Waals surface area (Å²) in [6, 6.07) is 0. The van der Waals surface area contributed by atoms with Gasteiger partial charge in [-0.15, -0.1) is 0 Å². The topological polar surface area (TPSA) is 18.5 Å². The lowest BCUT2D eigenvalue weighted by Gasteiger charge is -2.38. The lowest BCUT2D eigenvalue weighted by atomic mass is 9.88. The maximum atomic E-state index is 6.53. The van der Waals surface area contributed by atoms with Crippen LogP contribution in [0.4, 0.5) is 0 Å². The molecule has 2 heterocycles. The van der Waals surface area contributed by atoms with Crippen molar-refractivity contribution >= 4 is 22.6 Å². The zero-order valence-corrected chi connectivity index (χ0v) is 20.9. The smallest absolute Gasteiger partial charge is 0.0606 e. The van der Waals surface area contributed by atoms with Gasteiger partial charge in [-0.3, -0.25) is 0 Å². The van der Waals surface area contributed by atoms with E-state index in [1.165, 1.54) is 32.1 Å². The van der Waals surface area contributed by atoms with Gasteiger partial charge in [0, 0.05) is 0 Å². The minimum atomic E-state index is 0.399. The molecule has 0 aliphatic carbocycles. The van der Waals surface area contributed by atoms with E-state index < -0.39 is 0 Å². The first-order valence-electron chi connectivity index (χ1n) is 11.7. The van der Waals surface area contributed by atoms with Crippen molar-refractivity contribution < 1.29 is 9.47 Å². The first kappa shape index (κ1) is 24.4.